The molecule has 2 fully saturated rings. The van der Waals surface area contributed by atoms with Crippen LogP contribution in [0.2, 0.25) is 0 Å². The molecule has 0 radical (unpaired) electrons. The lowest BCUT2D eigenvalue weighted by Crippen LogP contribution is -2.36. The number of ether oxygens (including phenoxy) is 2. The molecule has 2 saturated heterocycles. The molecular formula is C33H35N3O4S. The molecule has 0 atom stereocenters. The van der Waals surface area contributed by atoms with E-state index in [-0.39, 0.29) is 5.43 Å². The Kier molecular flexibility index (Phi) is 7.39. The highest BCUT2D eigenvalue weighted by atomic mass is 32.1. The lowest BCUT2D eigenvalue weighted by atomic mass is 10.00. The van der Waals surface area contributed by atoms with Crippen molar-refractivity contribution in [2.24, 2.45) is 0 Å². The van der Waals surface area contributed by atoms with Gasteiger partial charge in [-0.3, -0.25) is 9.69 Å². The van der Waals surface area contributed by atoms with Gasteiger partial charge in [-0.05, 0) is 50.8 Å². The fraction of sp³-hybridized carbons (Fsp3) is 0.364. The van der Waals surface area contributed by atoms with Crippen LogP contribution in [0.4, 0.5) is 5.88 Å². The van der Waals surface area contributed by atoms with Crippen LogP contribution in [0, 0.1) is 0 Å². The van der Waals surface area contributed by atoms with Crippen LogP contribution in [-0.2, 0) is 4.74 Å². The van der Waals surface area contributed by atoms with Crippen molar-refractivity contribution >= 4 is 48.4 Å². The largest absolute Gasteiger partial charge is 0.492 e. The monoisotopic (exact) mass is 569 g/mol. The molecule has 0 amide bonds. The predicted octanol–water partition coefficient (Wildman–Crippen LogP) is 5.68. The minimum Gasteiger partial charge on any atom is -0.492 e. The second-order valence-corrected chi connectivity index (χ2v) is 12.0. The Bertz CT molecular complexity index is 1760. The van der Waals surface area contributed by atoms with Crippen molar-refractivity contribution in [3.05, 3.63) is 70.9 Å². The van der Waals surface area contributed by atoms with Crippen molar-refractivity contribution in [3.8, 4) is 16.9 Å². The predicted molar refractivity (Wildman–Crippen MR) is 168 cm³/mol. The zero-order valence-corrected chi connectivity index (χ0v) is 24.3. The first-order chi connectivity index (χ1) is 20.2. The van der Waals surface area contributed by atoms with E-state index in [9.17, 15) is 4.79 Å². The molecule has 7 rings (SSSR count). The Hall–Kier alpha value is -3.43. The Labute approximate surface area is 243 Å². The summed E-state index contributed by atoms with van der Waals surface area (Å²) in [6, 6.07) is 20.2. The molecule has 0 spiro atoms. The number of hydrogen-bond acceptors (Lipinski definition) is 8. The summed E-state index contributed by atoms with van der Waals surface area (Å²) in [5.74, 6) is 1.51. The second-order valence-electron chi connectivity index (χ2n) is 11.0. The van der Waals surface area contributed by atoms with E-state index in [4.69, 9.17) is 13.9 Å². The van der Waals surface area contributed by atoms with E-state index in [0.29, 0.717) is 49.8 Å². The summed E-state index contributed by atoms with van der Waals surface area (Å²) >= 11 is 1.76. The molecule has 5 aromatic rings. The van der Waals surface area contributed by atoms with Crippen LogP contribution < -0.4 is 15.1 Å². The Morgan fingerprint density at radius 3 is 2.63 bits per heavy atom. The third-order valence-corrected chi connectivity index (χ3v) is 9.52. The van der Waals surface area contributed by atoms with Crippen molar-refractivity contribution < 1.29 is 13.9 Å². The van der Waals surface area contributed by atoms with Crippen molar-refractivity contribution in [1.82, 2.24) is 9.80 Å². The lowest BCUT2D eigenvalue weighted by molar-refractivity contribution is 0.121. The normalized spacial score (nSPS) is 17.4. The van der Waals surface area contributed by atoms with Crippen LogP contribution in [0.1, 0.15) is 6.42 Å². The van der Waals surface area contributed by atoms with E-state index < -0.39 is 0 Å². The number of nitrogens with zero attached hydrogens (tertiary/aromatic N) is 3. The van der Waals surface area contributed by atoms with E-state index in [2.05, 4.69) is 64.2 Å². The highest BCUT2D eigenvalue weighted by molar-refractivity contribution is 7.26. The number of morpholine rings is 1. The average Bonchev–Trinajstić information content (AvgIpc) is 3.28. The van der Waals surface area contributed by atoms with Gasteiger partial charge in [0, 0.05) is 70.1 Å². The van der Waals surface area contributed by atoms with Crippen molar-refractivity contribution in [2.75, 3.05) is 77.6 Å². The van der Waals surface area contributed by atoms with Gasteiger partial charge >= 0.3 is 0 Å². The summed E-state index contributed by atoms with van der Waals surface area (Å²) in [5.41, 5.74) is 2.57. The zero-order valence-electron chi connectivity index (χ0n) is 23.4. The first-order valence-corrected chi connectivity index (χ1v) is 15.4. The van der Waals surface area contributed by atoms with Crippen LogP contribution in [0.3, 0.4) is 0 Å². The first-order valence-electron chi connectivity index (χ1n) is 14.5. The average molecular weight is 570 g/mol. The number of para-hydroxylation sites is 1. The van der Waals surface area contributed by atoms with Gasteiger partial charge in [0.15, 0.2) is 11.3 Å². The van der Waals surface area contributed by atoms with Gasteiger partial charge in [-0.2, -0.15) is 0 Å². The highest BCUT2D eigenvalue weighted by Gasteiger charge is 2.21. The summed E-state index contributed by atoms with van der Waals surface area (Å²) in [6.45, 7) is 8.67. The Balaban J connectivity index is 1.29. The summed E-state index contributed by atoms with van der Waals surface area (Å²) < 4.78 is 20.9. The van der Waals surface area contributed by atoms with Gasteiger partial charge in [-0.15, -0.1) is 11.3 Å². The Morgan fingerprint density at radius 1 is 0.878 bits per heavy atom. The van der Waals surface area contributed by atoms with Crippen molar-refractivity contribution in [1.29, 1.82) is 0 Å². The number of rotatable bonds is 6. The molecule has 4 heterocycles. The van der Waals surface area contributed by atoms with Crippen LogP contribution >= 0.6 is 11.3 Å². The minimum absolute atomic E-state index is 0.0261. The van der Waals surface area contributed by atoms with Crippen molar-refractivity contribution in [3.63, 3.8) is 0 Å². The summed E-state index contributed by atoms with van der Waals surface area (Å²) in [7, 11) is 2.20. The van der Waals surface area contributed by atoms with Gasteiger partial charge in [-0.25, -0.2) is 0 Å². The molecule has 0 bridgehead atoms. The van der Waals surface area contributed by atoms with Gasteiger partial charge in [0.1, 0.15) is 17.9 Å². The van der Waals surface area contributed by atoms with Crippen molar-refractivity contribution in [2.45, 2.75) is 6.42 Å². The second kappa shape index (κ2) is 11.4. The third kappa shape index (κ3) is 5.21. The van der Waals surface area contributed by atoms with Crippen LogP contribution in [0.5, 0.6) is 5.75 Å². The fourth-order valence-electron chi connectivity index (χ4n) is 6.06. The van der Waals surface area contributed by atoms with E-state index in [1.54, 1.807) is 17.4 Å². The third-order valence-electron chi connectivity index (χ3n) is 8.32. The van der Waals surface area contributed by atoms with E-state index in [1.807, 2.05) is 12.1 Å². The number of benzene rings is 3. The van der Waals surface area contributed by atoms with Crippen LogP contribution in [-0.4, -0.2) is 82.5 Å². The van der Waals surface area contributed by atoms with E-state index in [0.717, 1.165) is 59.7 Å². The molecular weight excluding hydrogens is 534 g/mol. The lowest BCUT2D eigenvalue weighted by Gasteiger charge is -2.27. The van der Waals surface area contributed by atoms with Gasteiger partial charge in [0.25, 0.3) is 0 Å². The molecule has 2 aliphatic rings. The molecule has 0 saturated carbocycles. The minimum atomic E-state index is -0.0261. The topological polar surface area (TPSA) is 58.4 Å². The number of thiophene rings is 1. The number of anilines is 1. The number of hydrogen-bond donors (Lipinski definition) is 0. The Morgan fingerprint density at radius 2 is 1.73 bits per heavy atom. The molecule has 2 aliphatic heterocycles. The SMILES string of the molecule is CN1CCCN(CCOc2ccc(-c3cccc4c(=O)cc(N5CCOCC5)oc34)c3sc4ccccc4c23)CC1. The van der Waals surface area contributed by atoms with Gasteiger partial charge in [0.2, 0.25) is 0 Å². The molecule has 41 heavy (non-hydrogen) atoms. The summed E-state index contributed by atoms with van der Waals surface area (Å²) in [5, 5.41) is 2.91. The summed E-state index contributed by atoms with van der Waals surface area (Å²) in [6.07, 6.45) is 1.19. The molecule has 7 nitrogen and oxygen atoms in total. The maximum Gasteiger partial charge on any atom is 0.200 e. The molecule has 0 unspecified atom stereocenters. The van der Waals surface area contributed by atoms with E-state index >= 15 is 0 Å². The smallest absolute Gasteiger partial charge is 0.200 e. The highest BCUT2D eigenvalue weighted by Crippen LogP contribution is 2.45. The molecule has 0 aliphatic carbocycles. The molecule has 8 heteroatoms. The fourth-order valence-corrected chi connectivity index (χ4v) is 7.30. The van der Waals surface area contributed by atoms with Crippen LogP contribution in [0.15, 0.2) is 69.9 Å². The van der Waals surface area contributed by atoms with Gasteiger partial charge in [0.05, 0.1) is 18.6 Å². The number of fused-ring (bicyclic) bond motifs is 4. The maximum atomic E-state index is 13.2. The zero-order chi connectivity index (χ0) is 27.8. The first kappa shape index (κ1) is 26.5. The molecule has 2 aromatic heterocycles. The van der Waals surface area contributed by atoms with E-state index in [1.165, 1.54) is 16.5 Å². The molecule has 3 aromatic carbocycles. The van der Waals surface area contributed by atoms with Gasteiger partial charge in [-0.1, -0.05) is 30.3 Å². The quantitative estimate of drug-likeness (QED) is 0.261. The maximum absolute atomic E-state index is 13.2. The number of likely N-dealkylation sites (N-methyl/N-ethyl adjacent to an activating group) is 1. The summed E-state index contributed by atoms with van der Waals surface area (Å²) in [4.78, 5) is 20.2. The molecule has 212 valence electrons. The van der Waals surface area contributed by atoms with Crippen LogP contribution in [0.25, 0.3) is 42.3 Å². The van der Waals surface area contributed by atoms with Gasteiger partial charge < -0.3 is 23.7 Å². The molecule has 0 N–H and O–H groups in total. The standard InChI is InChI=1S/C33H35N3O4S/c1-34-12-5-13-35(15-14-34)16-21-39-28-11-10-24(33-31(28)26-6-2-3-9-29(26)41-33)23-7-4-8-25-27(37)22-30(40-32(23)25)36-17-19-38-20-18-36/h2-4,6-11,22H,5,12-21H2,1H3.